The standard InChI is InChI=1S/C24H25FN4O4S/c25-17-5-9-19(10-6-17)29-22-4-2-1-3-21(22)23(27-29)24(30)26-18-7-11-20(12-8-18)34(31,32)28-13-15-33-16-14-28/h5-12H,1-4,13-16H2,(H,26,30). The monoisotopic (exact) mass is 484 g/mol. The van der Waals surface area contributed by atoms with Crippen LogP contribution in [0.15, 0.2) is 53.4 Å². The molecular weight excluding hydrogens is 459 g/mol. The molecule has 0 radical (unpaired) electrons. The highest BCUT2D eigenvalue weighted by molar-refractivity contribution is 7.89. The van der Waals surface area contributed by atoms with E-state index in [4.69, 9.17) is 4.74 Å². The van der Waals surface area contributed by atoms with Gasteiger partial charge in [0.15, 0.2) is 5.69 Å². The molecule has 10 heteroatoms. The van der Waals surface area contributed by atoms with Gasteiger partial charge in [-0.2, -0.15) is 9.40 Å². The normalized spacial score (nSPS) is 16.7. The molecule has 2 aliphatic rings. The van der Waals surface area contributed by atoms with Crippen molar-refractivity contribution in [3.8, 4) is 5.69 Å². The van der Waals surface area contributed by atoms with Gasteiger partial charge < -0.3 is 10.1 Å². The van der Waals surface area contributed by atoms with E-state index in [9.17, 15) is 17.6 Å². The van der Waals surface area contributed by atoms with Gasteiger partial charge in [0, 0.05) is 30.0 Å². The van der Waals surface area contributed by atoms with Crippen molar-refractivity contribution in [2.75, 3.05) is 31.6 Å². The average molecular weight is 485 g/mol. The summed E-state index contributed by atoms with van der Waals surface area (Å²) in [4.78, 5) is 13.3. The fourth-order valence-corrected chi connectivity index (χ4v) is 5.82. The summed E-state index contributed by atoms with van der Waals surface area (Å²) < 4.78 is 47.4. The molecule has 1 N–H and O–H groups in total. The first-order valence-electron chi connectivity index (χ1n) is 11.3. The zero-order chi connectivity index (χ0) is 23.7. The summed E-state index contributed by atoms with van der Waals surface area (Å²) in [6.45, 7) is 1.40. The van der Waals surface area contributed by atoms with Crippen LogP contribution in [0.3, 0.4) is 0 Å². The van der Waals surface area contributed by atoms with E-state index in [0.717, 1.165) is 36.9 Å². The van der Waals surface area contributed by atoms with Crippen molar-refractivity contribution in [1.82, 2.24) is 14.1 Å². The Morgan fingerprint density at radius 2 is 1.65 bits per heavy atom. The number of halogens is 1. The van der Waals surface area contributed by atoms with E-state index in [0.29, 0.717) is 43.4 Å². The number of benzene rings is 2. The van der Waals surface area contributed by atoms with E-state index in [1.807, 2.05) is 0 Å². The molecule has 1 amide bonds. The van der Waals surface area contributed by atoms with Crippen molar-refractivity contribution in [2.45, 2.75) is 30.6 Å². The first kappa shape index (κ1) is 22.7. The molecule has 0 bridgehead atoms. The molecule has 178 valence electrons. The maximum Gasteiger partial charge on any atom is 0.276 e. The van der Waals surface area contributed by atoms with Crippen molar-refractivity contribution >= 4 is 21.6 Å². The van der Waals surface area contributed by atoms with Crippen LogP contribution in [0.5, 0.6) is 0 Å². The lowest BCUT2D eigenvalue weighted by Crippen LogP contribution is -2.40. The fraction of sp³-hybridized carbons (Fsp3) is 0.333. The van der Waals surface area contributed by atoms with Crippen LogP contribution in [0.2, 0.25) is 0 Å². The zero-order valence-corrected chi connectivity index (χ0v) is 19.4. The third-order valence-electron chi connectivity index (χ3n) is 6.19. The SMILES string of the molecule is O=C(Nc1ccc(S(=O)(=O)N2CCOCC2)cc1)c1nn(-c2ccc(F)cc2)c2c1CCCC2. The number of fused-ring (bicyclic) bond motifs is 1. The predicted octanol–water partition coefficient (Wildman–Crippen LogP) is 3.16. The minimum absolute atomic E-state index is 0.172. The lowest BCUT2D eigenvalue weighted by atomic mass is 9.95. The second-order valence-corrected chi connectivity index (χ2v) is 10.3. The number of nitrogens with zero attached hydrogens (tertiary/aromatic N) is 3. The number of carbonyl (C=O) groups is 1. The fourth-order valence-electron chi connectivity index (χ4n) is 4.41. The van der Waals surface area contributed by atoms with Crippen molar-refractivity contribution in [1.29, 1.82) is 0 Å². The molecule has 3 aromatic rings. The number of hydrogen-bond donors (Lipinski definition) is 1. The molecule has 1 fully saturated rings. The number of sulfonamides is 1. The Morgan fingerprint density at radius 1 is 0.971 bits per heavy atom. The molecule has 1 aromatic heterocycles. The van der Waals surface area contributed by atoms with Gasteiger partial charge in [-0.3, -0.25) is 4.79 Å². The number of ether oxygens (including phenoxy) is 1. The largest absolute Gasteiger partial charge is 0.379 e. The van der Waals surface area contributed by atoms with Crippen LogP contribution in [-0.4, -0.2) is 54.7 Å². The van der Waals surface area contributed by atoms with Gasteiger partial charge in [0.05, 0.1) is 23.8 Å². The molecule has 8 nitrogen and oxygen atoms in total. The number of morpholine rings is 1. The highest BCUT2D eigenvalue weighted by Gasteiger charge is 2.27. The van der Waals surface area contributed by atoms with Gasteiger partial charge >= 0.3 is 0 Å². The van der Waals surface area contributed by atoms with Crippen LogP contribution < -0.4 is 5.32 Å². The van der Waals surface area contributed by atoms with Crippen LogP contribution in [0, 0.1) is 5.82 Å². The van der Waals surface area contributed by atoms with E-state index in [-0.39, 0.29) is 16.6 Å². The first-order valence-corrected chi connectivity index (χ1v) is 12.7. The Morgan fingerprint density at radius 3 is 2.35 bits per heavy atom. The molecule has 0 atom stereocenters. The van der Waals surface area contributed by atoms with Crippen LogP contribution in [0.25, 0.3) is 5.69 Å². The maximum atomic E-state index is 13.4. The predicted molar refractivity (Wildman–Crippen MR) is 124 cm³/mol. The lowest BCUT2D eigenvalue weighted by Gasteiger charge is -2.26. The molecule has 5 rings (SSSR count). The van der Waals surface area contributed by atoms with Crippen LogP contribution in [-0.2, 0) is 27.6 Å². The summed E-state index contributed by atoms with van der Waals surface area (Å²) in [6.07, 6.45) is 3.51. The summed E-state index contributed by atoms with van der Waals surface area (Å²) in [5.74, 6) is -0.690. The number of hydrogen-bond acceptors (Lipinski definition) is 5. The van der Waals surface area contributed by atoms with E-state index >= 15 is 0 Å². The third kappa shape index (κ3) is 4.36. The molecule has 2 aromatic carbocycles. The number of amides is 1. The third-order valence-corrected chi connectivity index (χ3v) is 8.10. The number of anilines is 1. The Labute approximate surface area is 197 Å². The van der Waals surface area contributed by atoms with Gasteiger partial charge in [-0.15, -0.1) is 0 Å². The maximum absolute atomic E-state index is 13.4. The molecule has 0 unspecified atom stereocenters. The molecule has 1 aliphatic heterocycles. The minimum atomic E-state index is -3.60. The second kappa shape index (κ2) is 9.28. The zero-order valence-electron chi connectivity index (χ0n) is 18.5. The van der Waals surface area contributed by atoms with Crippen molar-refractivity contribution in [3.05, 3.63) is 71.3 Å². The van der Waals surface area contributed by atoms with Gasteiger partial charge in [0.25, 0.3) is 5.91 Å². The Bertz CT molecular complexity index is 1300. The molecule has 0 spiro atoms. The average Bonchev–Trinajstić information content (AvgIpc) is 3.25. The summed E-state index contributed by atoms with van der Waals surface area (Å²) in [5, 5.41) is 7.41. The quantitative estimate of drug-likeness (QED) is 0.601. The van der Waals surface area contributed by atoms with Crippen molar-refractivity contribution in [3.63, 3.8) is 0 Å². The molecular formula is C24H25FN4O4S. The number of rotatable bonds is 5. The van der Waals surface area contributed by atoms with E-state index < -0.39 is 10.0 Å². The topological polar surface area (TPSA) is 93.5 Å². The Hall–Kier alpha value is -3.08. The molecule has 1 saturated heterocycles. The summed E-state index contributed by atoms with van der Waals surface area (Å²) in [5.41, 5.74) is 3.39. The lowest BCUT2D eigenvalue weighted by molar-refractivity contribution is 0.0730. The highest BCUT2D eigenvalue weighted by atomic mass is 32.2. The summed E-state index contributed by atoms with van der Waals surface area (Å²) in [7, 11) is -3.60. The smallest absolute Gasteiger partial charge is 0.276 e. The number of carbonyl (C=O) groups excluding carboxylic acids is 1. The van der Waals surface area contributed by atoms with Crippen LogP contribution in [0.1, 0.15) is 34.6 Å². The second-order valence-electron chi connectivity index (χ2n) is 8.36. The minimum Gasteiger partial charge on any atom is -0.379 e. The number of aromatic nitrogens is 2. The van der Waals surface area contributed by atoms with E-state index in [1.54, 1.807) is 28.9 Å². The highest BCUT2D eigenvalue weighted by Crippen LogP contribution is 2.28. The molecule has 1 aliphatic carbocycles. The van der Waals surface area contributed by atoms with Gasteiger partial charge in [-0.05, 0) is 74.2 Å². The van der Waals surface area contributed by atoms with Crippen LogP contribution in [0.4, 0.5) is 10.1 Å². The first-order chi connectivity index (χ1) is 16.4. The Balaban J connectivity index is 1.38. The number of nitrogens with one attached hydrogen (secondary N) is 1. The Kier molecular flexibility index (Phi) is 6.20. The van der Waals surface area contributed by atoms with Gasteiger partial charge in [-0.25, -0.2) is 17.5 Å². The molecule has 34 heavy (non-hydrogen) atoms. The van der Waals surface area contributed by atoms with Gasteiger partial charge in [0.2, 0.25) is 10.0 Å². The van der Waals surface area contributed by atoms with Gasteiger partial charge in [-0.1, -0.05) is 0 Å². The summed E-state index contributed by atoms with van der Waals surface area (Å²) in [6, 6.07) is 12.2. The van der Waals surface area contributed by atoms with Crippen molar-refractivity contribution < 1.29 is 22.3 Å². The van der Waals surface area contributed by atoms with Gasteiger partial charge in [0.1, 0.15) is 5.82 Å². The van der Waals surface area contributed by atoms with Crippen LogP contribution >= 0.6 is 0 Å². The van der Waals surface area contributed by atoms with E-state index in [2.05, 4.69) is 10.4 Å². The molecule has 2 heterocycles. The van der Waals surface area contributed by atoms with E-state index in [1.165, 1.54) is 28.6 Å². The summed E-state index contributed by atoms with van der Waals surface area (Å²) >= 11 is 0. The van der Waals surface area contributed by atoms with Crippen molar-refractivity contribution in [2.24, 2.45) is 0 Å². The molecule has 0 saturated carbocycles.